The molecule has 1 nitrogen and oxygen atoms in total. The molecule has 0 aromatic carbocycles. The largest absolute Gasteiger partial charge is 4.00 e. The van der Waals surface area contributed by atoms with Crippen LogP contribution in [0.4, 0.5) is 0 Å². The first-order valence-corrected chi connectivity index (χ1v) is 0. The van der Waals surface area contributed by atoms with Crippen LogP contribution in [0.15, 0.2) is 0 Å². The zero-order chi connectivity index (χ0) is 0. The van der Waals surface area contributed by atoms with Crippen LogP contribution in [-0.4, -0.2) is 48.3 Å². The van der Waals surface area contributed by atoms with Gasteiger partial charge < -0.3 is 5.48 Å². The average Bonchev–Trinajstić information content (AvgIpc) is 0. The van der Waals surface area contributed by atoms with Crippen LogP contribution in [0.3, 0.4) is 0 Å². The van der Waals surface area contributed by atoms with Crippen LogP contribution in [0.1, 0.15) is 0 Å². The number of hydrogen-bond donors (Lipinski definition) is 0. The van der Waals surface area contributed by atoms with Gasteiger partial charge in [0.25, 0.3) is 0 Å². The van der Waals surface area contributed by atoms with E-state index in [9.17, 15) is 0 Å². The third-order valence-corrected chi connectivity index (χ3v) is 0. The molecule has 0 saturated carbocycles. The molecule has 0 rings (SSSR count). The van der Waals surface area contributed by atoms with Crippen molar-refractivity contribution >= 4 is 48.3 Å². The van der Waals surface area contributed by atoms with Crippen molar-refractivity contribution in [3.63, 3.8) is 0 Å². The summed E-state index contributed by atoms with van der Waals surface area (Å²) in [5, 5.41) is 0. The maximum Gasteiger partial charge on any atom is 4.00 e. The summed E-state index contributed by atoms with van der Waals surface area (Å²) in [6.07, 6.45) is 0. The molecule has 2 radical (unpaired) electrons. The molecule has 0 amide bonds. The van der Waals surface area contributed by atoms with E-state index in [4.69, 9.17) is 0 Å². The van der Waals surface area contributed by atoms with E-state index >= 15 is 0 Å². The summed E-state index contributed by atoms with van der Waals surface area (Å²) < 4.78 is 0. The fourth-order valence-corrected chi connectivity index (χ4v) is 0. The molecular weight excluding hydrogens is 304 g/mol. The summed E-state index contributed by atoms with van der Waals surface area (Å²) >= 11 is 0. The molecule has 0 aliphatic heterocycles. The van der Waals surface area contributed by atoms with Gasteiger partial charge in [-0.1, -0.05) is 0 Å². The maximum absolute atomic E-state index is 0. The third-order valence-electron chi connectivity index (χ3n) is 0. The Labute approximate surface area is 74.5 Å². The molecule has 0 N–H and O–H groups in total. The summed E-state index contributed by atoms with van der Waals surface area (Å²) in [5.41, 5.74) is 0. The van der Waals surface area contributed by atoms with E-state index in [0.717, 1.165) is 0 Å². The average molecular weight is 304 g/mol. The fourth-order valence-electron chi connectivity index (χ4n) is 0. The second-order valence-electron chi connectivity index (χ2n) is 0. The number of rotatable bonds is 0. The van der Waals surface area contributed by atoms with Gasteiger partial charge in [0.2, 0.25) is 0 Å². The molecule has 0 spiro atoms. The molecule has 0 aliphatic rings. The summed E-state index contributed by atoms with van der Waals surface area (Å²) in [4.78, 5) is 0. The van der Waals surface area contributed by atoms with Crippen LogP contribution >= 0.6 is 0 Å². The Morgan fingerprint density at radius 1 is 1.00 bits per heavy atom. The smallest absolute Gasteiger partial charge is 2.00 e. The van der Waals surface area contributed by atoms with E-state index < -0.39 is 0 Å². The molecule has 0 bridgehead atoms. The van der Waals surface area contributed by atoms with Crippen LogP contribution in [0.2, 0.25) is 0 Å². The quantitative estimate of drug-likeness (QED) is 0.520. The van der Waals surface area contributed by atoms with Gasteiger partial charge in [0.05, 0.1) is 0 Å². The molecule has 0 saturated heterocycles. The second kappa shape index (κ2) is 18.6. The van der Waals surface area contributed by atoms with Crippen molar-refractivity contribution in [1.29, 1.82) is 0 Å². The van der Waals surface area contributed by atoms with Crippen molar-refractivity contribution in [2.24, 2.45) is 0 Å². The van der Waals surface area contributed by atoms with Crippen LogP contribution in [-0.2, 0) is 27.2 Å². The molecule has 4 heteroatoms. The van der Waals surface area contributed by atoms with E-state index in [2.05, 4.69) is 0 Å². The van der Waals surface area contributed by atoms with Gasteiger partial charge in [-0.3, -0.25) is 0 Å². The first-order valence-electron chi connectivity index (χ1n) is 0. The van der Waals surface area contributed by atoms with Crippen molar-refractivity contribution in [2.45, 2.75) is 0 Å². The van der Waals surface area contributed by atoms with Crippen LogP contribution in [0.25, 0.3) is 0 Å². The monoisotopic (exact) mass is 305 g/mol. The van der Waals surface area contributed by atoms with E-state index in [-0.39, 0.29) is 75.5 Å². The third kappa shape index (κ3) is 8.85. The minimum absolute atomic E-state index is 0. The van der Waals surface area contributed by atoms with E-state index in [0.29, 0.717) is 0 Å². The molecule has 0 atom stereocenters. The van der Waals surface area contributed by atoms with E-state index in [1.54, 1.807) is 0 Å². The SMILES string of the molecule is [O-2].[Sb+3].[Sn+4].[Ti+4]. The molecule has 0 heterocycles. The van der Waals surface area contributed by atoms with Gasteiger partial charge in [-0.2, -0.15) is 0 Å². The van der Waals surface area contributed by atoms with Crippen molar-refractivity contribution in [3.05, 3.63) is 0 Å². The predicted octanol–water partition coefficient (Wildman–Crippen LogP) is -0.883. The Kier molecular flexibility index (Phi) is 156. The first-order chi connectivity index (χ1) is 0. The van der Waals surface area contributed by atoms with Gasteiger partial charge in [0.1, 0.15) is 0 Å². The molecule has 0 aromatic rings. The Morgan fingerprint density at radius 2 is 1.00 bits per heavy atom. The Bertz CT molecular complexity index is 8.00. The minimum atomic E-state index is 0. The summed E-state index contributed by atoms with van der Waals surface area (Å²) in [5.74, 6) is 0. The molecule has 0 aliphatic carbocycles. The van der Waals surface area contributed by atoms with Crippen molar-refractivity contribution in [1.82, 2.24) is 0 Å². The summed E-state index contributed by atoms with van der Waals surface area (Å²) in [6, 6.07) is 0. The van der Waals surface area contributed by atoms with Gasteiger partial charge >= 0.3 is 70.1 Å². The van der Waals surface area contributed by atoms with E-state index in [1.165, 1.54) is 0 Å². The topological polar surface area (TPSA) is 28.5 Å². The fraction of sp³-hybridized carbons (Fsp3) is 0. The molecule has 0 aromatic heterocycles. The summed E-state index contributed by atoms with van der Waals surface area (Å²) in [7, 11) is 0. The van der Waals surface area contributed by atoms with Gasteiger partial charge in [-0.15, -0.1) is 0 Å². The zero-order valence-corrected chi connectivity index (χ0v) is 8.82. The van der Waals surface area contributed by atoms with Crippen molar-refractivity contribution < 1.29 is 27.2 Å². The standard InChI is InChI=1S/O.Sb.Sn.Ti/q-2;+3;2*+4. The van der Waals surface area contributed by atoms with Gasteiger partial charge in [-0.05, 0) is 0 Å². The van der Waals surface area contributed by atoms with Gasteiger partial charge in [0, 0.05) is 0 Å². The number of hydrogen-bond acceptors (Lipinski definition) is 0. The van der Waals surface area contributed by atoms with Gasteiger partial charge in [-0.25, -0.2) is 0 Å². The normalized spacial score (nSPS) is 0. The first kappa shape index (κ1) is 33.6. The van der Waals surface area contributed by atoms with Gasteiger partial charge in [0.15, 0.2) is 0 Å². The molecular formula is OSbSnTi+9. The molecule has 10 valence electrons. The van der Waals surface area contributed by atoms with Crippen molar-refractivity contribution in [2.75, 3.05) is 0 Å². The minimum Gasteiger partial charge on any atom is -2.00 e. The maximum atomic E-state index is 0. The zero-order valence-electron chi connectivity index (χ0n) is 1.86. The Balaban J connectivity index is 0. The van der Waals surface area contributed by atoms with E-state index in [1.807, 2.05) is 0 Å². The van der Waals surface area contributed by atoms with Crippen LogP contribution < -0.4 is 0 Å². The van der Waals surface area contributed by atoms with Crippen LogP contribution in [0, 0.1) is 0 Å². The molecule has 4 heavy (non-hydrogen) atoms. The summed E-state index contributed by atoms with van der Waals surface area (Å²) in [6.45, 7) is 0. The van der Waals surface area contributed by atoms with Crippen molar-refractivity contribution in [3.8, 4) is 0 Å². The molecule has 0 fully saturated rings. The molecule has 0 unspecified atom stereocenters. The second-order valence-corrected chi connectivity index (χ2v) is 0. The Morgan fingerprint density at radius 3 is 1.00 bits per heavy atom. The van der Waals surface area contributed by atoms with Crippen LogP contribution in [0.5, 0.6) is 0 Å². The predicted molar refractivity (Wildman–Crippen MR) is 12.2 cm³/mol. The Hall–Kier alpha value is 2.29.